The average molecular weight is 241 g/mol. The van der Waals surface area contributed by atoms with Crippen LogP contribution in [0.4, 0.5) is 0 Å². The van der Waals surface area contributed by atoms with Crippen LogP contribution in [-0.2, 0) is 0 Å². The highest BCUT2D eigenvalue weighted by atomic mass is 16.5. The van der Waals surface area contributed by atoms with Gasteiger partial charge < -0.3 is 10.1 Å². The second kappa shape index (κ2) is 6.82. The molecule has 0 fully saturated rings. The Labute approximate surface area is 109 Å². The fourth-order valence-electron chi connectivity index (χ4n) is 1.86. The predicted molar refractivity (Wildman–Crippen MR) is 75.9 cm³/mol. The molecule has 0 amide bonds. The number of rotatable bonds is 6. The minimum absolute atomic E-state index is 0.692. The van der Waals surface area contributed by atoms with Gasteiger partial charge in [0.2, 0.25) is 0 Å². The highest BCUT2D eigenvalue weighted by Crippen LogP contribution is 2.29. The van der Waals surface area contributed by atoms with Crippen molar-refractivity contribution in [1.29, 1.82) is 0 Å². The summed E-state index contributed by atoms with van der Waals surface area (Å²) in [7, 11) is 0. The Hall–Kier alpha value is -1.80. The molecule has 2 aromatic rings. The zero-order chi connectivity index (χ0) is 12.6. The number of hydrogen-bond donors (Lipinski definition) is 1. The molecule has 0 radical (unpaired) electrons. The van der Waals surface area contributed by atoms with E-state index in [0.29, 0.717) is 6.61 Å². The molecule has 1 N–H and O–H groups in total. The zero-order valence-corrected chi connectivity index (χ0v) is 10.7. The molecule has 94 valence electrons. The summed E-state index contributed by atoms with van der Waals surface area (Å²) in [6.45, 7) is 4.64. The van der Waals surface area contributed by atoms with Crippen LogP contribution in [0, 0.1) is 0 Å². The maximum absolute atomic E-state index is 5.83. The van der Waals surface area contributed by atoms with Crippen molar-refractivity contribution < 1.29 is 4.74 Å². The normalized spacial score (nSPS) is 10.3. The van der Waals surface area contributed by atoms with Crippen molar-refractivity contribution in [3.63, 3.8) is 0 Å². The minimum Gasteiger partial charge on any atom is -0.492 e. The Kier molecular flexibility index (Phi) is 4.79. The second-order valence-electron chi connectivity index (χ2n) is 4.06. The van der Waals surface area contributed by atoms with Crippen molar-refractivity contribution in [1.82, 2.24) is 5.32 Å². The van der Waals surface area contributed by atoms with Gasteiger partial charge in [-0.05, 0) is 18.2 Å². The highest BCUT2D eigenvalue weighted by Gasteiger charge is 2.04. The summed E-state index contributed by atoms with van der Waals surface area (Å²) < 4.78 is 5.83. The van der Waals surface area contributed by atoms with Crippen LogP contribution >= 0.6 is 0 Å². The molecule has 0 saturated carbocycles. The van der Waals surface area contributed by atoms with Crippen LogP contribution in [0.5, 0.6) is 5.75 Å². The van der Waals surface area contributed by atoms with Crippen LogP contribution in [0.3, 0.4) is 0 Å². The Bertz CT molecular complexity index is 468. The number of ether oxygens (including phenoxy) is 1. The summed E-state index contributed by atoms with van der Waals surface area (Å²) in [6.07, 6.45) is 0. The van der Waals surface area contributed by atoms with Crippen molar-refractivity contribution in [2.75, 3.05) is 19.7 Å². The molecule has 0 heterocycles. The topological polar surface area (TPSA) is 21.3 Å². The lowest BCUT2D eigenvalue weighted by Crippen LogP contribution is -2.20. The van der Waals surface area contributed by atoms with Crippen LogP contribution in [0.15, 0.2) is 54.6 Å². The van der Waals surface area contributed by atoms with Crippen LogP contribution < -0.4 is 10.1 Å². The summed E-state index contributed by atoms with van der Waals surface area (Å²) >= 11 is 0. The van der Waals surface area contributed by atoms with Gasteiger partial charge in [0.25, 0.3) is 0 Å². The smallest absolute Gasteiger partial charge is 0.127 e. The van der Waals surface area contributed by atoms with Gasteiger partial charge in [-0.25, -0.2) is 0 Å². The predicted octanol–water partition coefficient (Wildman–Crippen LogP) is 3.34. The highest BCUT2D eigenvalue weighted by molar-refractivity contribution is 5.70. The van der Waals surface area contributed by atoms with E-state index in [2.05, 4.69) is 30.4 Å². The molecule has 0 atom stereocenters. The fraction of sp³-hybridized carbons (Fsp3) is 0.250. The number of hydrogen-bond acceptors (Lipinski definition) is 2. The first-order valence-electron chi connectivity index (χ1n) is 6.40. The van der Waals surface area contributed by atoms with E-state index in [1.807, 2.05) is 36.4 Å². The van der Waals surface area contributed by atoms with Crippen LogP contribution in [0.1, 0.15) is 6.92 Å². The molecule has 2 aromatic carbocycles. The Morgan fingerprint density at radius 1 is 0.944 bits per heavy atom. The van der Waals surface area contributed by atoms with Gasteiger partial charge in [0.15, 0.2) is 0 Å². The van der Waals surface area contributed by atoms with E-state index >= 15 is 0 Å². The first-order chi connectivity index (χ1) is 8.92. The van der Waals surface area contributed by atoms with Gasteiger partial charge in [-0.15, -0.1) is 0 Å². The molecule has 0 aliphatic rings. The van der Waals surface area contributed by atoms with Gasteiger partial charge in [0.05, 0.1) is 0 Å². The first-order valence-corrected chi connectivity index (χ1v) is 6.40. The lowest BCUT2D eigenvalue weighted by molar-refractivity contribution is 0.316. The molecular weight excluding hydrogens is 222 g/mol. The maximum Gasteiger partial charge on any atom is 0.127 e. The average Bonchev–Trinajstić information content (AvgIpc) is 2.45. The third-order valence-corrected chi connectivity index (χ3v) is 2.76. The van der Waals surface area contributed by atoms with Gasteiger partial charge in [0.1, 0.15) is 12.4 Å². The first kappa shape index (κ1) is 12.7. The Balaban J connectivity index is 2.11. The van der Waals surface area contributed by atoms with E-state index < -0.39 is 0 Å². The summed E-state index contributed by atoms with van der Waals surface area (Å²) in [4.78, 5) is 0. The van der Waals surface area contributed by atoms with Gasteiger partial charge in [-0.2, -0.15) is 0 Å². The van der Waals surface area contributed by atoms with E-state index in [9.17, 15) is 0 Å². The standard InChI is InChI=1S/C16H19NO/c1-2-17-12-13-18-16-11-7-6-10-15(16)14-8-4-3-5-9-14/h3-11,17H,2,12-13H2,1H3. The van der Waals surface area contributed by atoms with Gasteiger partial charge in [-0.3, -0.25) is 0 Å². The molecule has 0 unspecified atom stereocenters. The second-order valence-corrected chi connectivity index (χ2v) is 4.06. The third-order valence-electron chi connectivity index (χ3n) is 2.76. The van der Waals surface area contributed by atoms with Crippen molar-refractivity contribution in [2.24, 2.45) is 0 Å². The van der Waals surface area contributed by atoms with Gasteiger partial charge >= 0.3 is 0 Å². The molecule has 2 nitrogen and oxygen atoms in total. The molecule has 2 rings (SSSR count). The third kappa shape index (κ3) is 3.34. The van der Waals surface area contributed by atoms with E-state index in [1.165, 1.54) is 5.56 Å². The molecule has 18 heavy (non-hydrogen) atoms. The minimum atomic E-state index is 0.692. The van der Waals surface area contributed by atoms with Gasteiger partial charge in [-0.1, -0.05) is 55.5 Å². The van der Waals surface area contributed by atoms with E-state index in [-0.39, 0.29) is 0 Å². The Morgan fingerprint density at radius 3 is 2.44 bits per heavy atom. The van der Waals surface area contributed by atoms with Crippen molar-refractivity contribution in [3.05, 3.63) is 54.6 Å². The molecule has 0 spiro atoms. The van der Waals surface area contributed by atoms with Crippen molar-refractivity contribution >= 4 is 0 Å². The molecule has 0 aliphatic heterocycles. The number of para-hydroxylation sites is 1. The van der Waals surface area contributed by atoms with Crippen LogP contribution in [0.25, 0.3) is 11.1 Å². The zero-order valence-electron chi connectivity index (χ0n) is 10.7. The lowest BCUT2D eigenvalue weighted by atomic mass is 10.1. The summed E-state index contributed by atoms with van der Waals surface area (Å²) in [5, 5.41) is 3.25. The fourth-order valence-corrected chi connectivity index (χ4v) is 1.86. The number of nitrogens with one attached hydrogen (secondary N) is 1. The summed E-state index contributed by atoms with van der Waals surface area (Å²) in [6, 6.07) is 18.5. The van der Waals surface area contributed by atoms with Crippen molar-refractivity contribution in [2.45, 2.75) is 6.92 Å². The van der Waals surface area contributed by atoms with Crippen LogP contribution in [0.2, 0.25) is 0 Å². The molecule has 0 bridgehead atoms. The van der Waals surface area contributed by atoms with E-state index in [4.69, 9.17) is 4.74 Å². The largest absolute Gasteiger partial charge is 0.492 e. The molecule has 0 aliphatic carbocycles. The monoisotopic (exact) mass is 241 g/mol. The van der Waals surface area contributed by atoms with Gasteiger partial charge in [0, 0.05) is 12.1 Å². The SMILES string of the molecule is CCNCCOc1ccccc1-c1ccccc1. The summed E-state index contributed by atoms with van der Waals surface area (Å²) in [5.74, 6) is 0.946. The molecule has 0 aromatic heterocycles. The number of likely N-dealkylation sites (N-methyl/N-ethyl adjacent to an activating group) is 1. The quantitative estimate of drug-likeness (QED) is 0.783. The van der Waals surface area contributed by atoms with Crippen LogP contribution in [-0.4, -0.2) is 19.7 Å². The van der Waals surface area contributed by atoms with E-state index in [1.54, 1.807) is 0 Å². The molecule has 0 saturated heterocycles. The molecule has 2 heteroatoms. The van der Waals surface area contributed by atoms with Crippen molar-refractivity contribution in [3.8, 4) is 16.9 Å². The van der Waals surface area contributed by atoms with E-state index in [0.717, 1.165) is 24.4 Å². The number of benzene rings is 2. The Morgan fingerprint density at radius 2 is 1.67 bits per heavy atom. The summed E-state index contributed by atoms with van der Waals surface area (Å²) in [5.41, 5.74) is 2.34. The molecular formula is C16H19NO. The lowest BCUT2D eigenvalue weighted by Gasteiger charge is -2.11. The maximum atomic E-state index is 5.83.